The van der Waals surface area contributed by atoms with Gasteiger partial charge in [-0.3, -0.25) is 14.2 Å². The Balaban J connectivity index is 1.60. The minimum Gasteiger partial charge on any atom is -0.456 e. The molecular weight excluding hydrogens is 356 g/mol. The Labute approximate surface area is 153 Å². The molecule has 0 saturated carbocycles. The Morgan fingerprint density at radius 2 is 1.96 bits per heavy atom. The van der Waals surface area contributed by atoms with E-state index >= 15 is 0 Å². The summed E-state index contributed by atoms with van der Waals surface area (Å²) in [5.41, 5.74) is 1.97. The summed E-state index contributed by atoms with van der Waals surface area (Å²) < 4.78 is 32.3. The third kappa shape index (κ3) is 4.28. The number of esters is 1. The summed E-state index contributed by atoms with van der Waals surface area (Å²) in [6.07, 6.45) is 0. The van der Waals surface area contributed by atoms with Crippen molar-refractivity contribution in [3.63, 3.8) is 0 Å². The molecule has 8 heteroatoms. The number of para-hydroxylation sites is 2. The molecule has 0 aliphatic heterocycles. The number of benzene rings is 2. The number of halogens is 2. The van der Waals surface area contributed by atoms with Crippen molar-refractivity contribution in [3.8, 4) is 0 Å². The second-order valence-electron chi connectivity index (χ2n) is 5.88. The topological polar surface area (TPSA) is 73.2 Å². The van der Waals surface area contributed by atoms with E-state index in [4.69, 9.17) is 4.74 Å². The van der Waals surface area contributed by atoms with Gasteiger partial charge in [0, 0.05) is 5.56 Å². The fourth-order valence-corrected chi connectivity index (χ4v) is 2.65. The zero-order valence-electron chi connectivity index (χ0n) is 14.5. The van der Waals surface area contributed by atoms with Crippen molar-refractivity contribution in [1.82, 2.24) is 14.9 Å². The van der Waals surface area contributed by atoms with Crippen LogP contribution in [-0.2, 0) is 16.1 Å². The number of aryl methyl sites for hydroxylation is 1. The highest BCUT2D eigenvalue weighted by Crippen LogP contribution is 2.23. The molecule has 0 unspecified atom stereocenters. The van der Waals surface area contributed by atoms with Crippen LogP contribution in [0.3, 0.4) is 0 Å². The lowest BCUT2D eigenvalue weighted by atomic mass is 10.1. The summed E-state index contributed by atoms with van der Waals surface area (Å²) in [5, 5.41) is 2.44. The van der Waals surface area contributed by atoms with Crippen LogP contribution >= 0.6 is 0 Å². The van der Waals surface area contributed by atoms with Crippen LogP contribution in [0.4, 0.5) is 8.78 Å². The molecule has 1 amide bonds. The summed E-state index contributed by atoms with van der Waals surface area (Å²) in [4.78, 5) is 27.9. The summed E-state index contributed by atoms with van der Waals surface area (Å²) in [5.74, 6) is -1.23. The summed E-state index contributed by atoms with van der Waals surface area (Å²) in [6.45, 7) is -1.76. The van der Waals surface area contributed by atoms with Gasteiger partial charge >= 0.3 is 12.5 Å². The number of hydrogen-bond acceptors (Lipinski definition) is 4. The Kier molecular flexibility index (Phi) is 5.44. The number of aromatic nitrogens is 2. The number of fused-ring (bicyclic) bond motifs is 1. The van der Waals surface area contributed by atoms with E-state index in [0.29, 0.717) is 15.6 Å². The number of rotatable bonds is 6. The van der Waals surface area contributed by atoms with Crippen LogP contribution in [0.2, 0.25) is 0 Å². The van der Waals surface area contributed by atoms with E-state index in [1.54, 1.807) is 36.4 Å². The first-order chi connectivity index (χ1) is 13.0. The third-order valence-corrected chi connectivity index (χ3v) is 3.90. The molecule has 3 aromatic rings. The summed E-state index contributed by atoms with van der Waals surface area (Å²) in [6, 6.07) is 13.3. The molecule has 1 heterocycles. The predicted molar refractivity (Wildman–Crippen MR) is 94.3 cm³/mol. The molecule has 0 aliphatic rings. The van der Waals surface area contributed by atoms with Crippen LogP contribution < -0.4 is 5.32 Å². The molecule has 0 aliphatic carbocycles. The second-order valence-corrected chi connectivity index (χ2v) is 5.88. The van der Waals surface area contributed by atoms with Gasteiger partial charge in [0.15, 0.2) is 5.82 Å². The molecule has 0 radical (unpaired) electrons. The fourth-order valence-electron chi connectivity index (χ4n) is 2.65. The Morgan fingerprint density at radius 1 is 1.19 bits per heavy atom. The highest BCUT2D eigenvalue weighted by molar-refractivity contribution is 5.96. The van der Waals surface area contributed by atoms with Gasteiger partial charge < -0.3 is 10.1 Å². The lowest BCUT2D eigenvalue weighted by Gasteiger charge is -2.09. The van der Waals surface area contributed by atoms with E-state index in [9.17, 15) is 18.4 Å². The van der Waals surface area contributed by atoms with Gasteiger partial charge in [-0.1, -0.05) is 29.8 Å². The van der Waals surface area contributed by atoms with Crippen molar-refractivity contribution in [2.75, 3.05) is 6.54 Å². The summed E-state index contributed by atoms with van der Waals surface area (Å²) >= 11 is 0. The minimum atomic E-state index is -2.81. The van der Waals surface area contributed by atoms with Crippen LogP contribution in [0.15, 0.2) is 48.5 Å². The molecule has 1 N–H and O–H groups in total. The zero-order valence-corrected chi connectivity index (χ0v) is 14.5. The minimum absolute atomic E-state index is 0.0652. The van der Waals surface area contributed by atoms with Gasteiger partial charge in [0.05, 0.1) is 11.0 Å². The number of ether oxygens (including phenoxy) is 1. The quantitative estimate of drug-likeness (QED) is 0.674. The normalized spacial score (nSPS) is 11.0. The van der Waals surface area contributed by atoms with Crippen molar-refractivity contribution in [2.24, 2.45) is 0 Å². The maximum absolute atomic E-state index is 13.3. The second kappa shape index (κ2) is 7.94. The molecule has 0 saturated heterocycles. The molecule has 0 bridgehead atoms. The molecular formula is C19H17F2N3O3. The number of carbonyl (C=O) groups is 2. The molecule has 1 aromatic heterocycles. The predicted octanol–water partition coefficient (Wildman–Crippen LogP) is 3.21. The molecule has 140 valence electrons. The molecule has 3 rings (SSSR count). The van der Waals surface area contributed by atoms with Crippen LogP contribution in [0.25, 0.3) is 11.0 Å². The number of nitrogens with zero attached hydrogens (tertiary/aromatic N) is 2. The number of hydrogen-bond donors (Lipinski definition) is 1. The van der Waals surface area contributed by atoms with E-state index in [1.165, 1.54) is 6.07 Å². The van der Waals surface area contributed by atoms with E-state index in [0.717, 1.165) is 5.56 Å². The molecule has 6 nitrogen and oxygen atoms in total. The monoisotopic (exact) mass is 373 g/mol. The van der Waals surface area contributed by atoms with Gasteiger partial charge in [-0.2, -0.15) is 8.78 Å². The Hall–Kier alpha value is -3.29. The van der Waals surface area contributed by atoms with Crippen LogP contribution in [-0.4, -0.2) is 28.0 Å². The smallest absolute Gasteiger partial charge is 0.325 e. The lowest BCUT2D eigenvalue weighted by molar-refractivity contribution is -0.144. The molecule has 0 atom stereocenters. The van der Waals surface area contributed by atoms with Gasteiger partial charge in [-0.25, -0.2) is 4.98 Å². The molecule has 0 spiro atoms. The number of alkyl halides is 2. The van der Waals surface area contributed by atoms with Crippen molar-refractivity contribution >= 4 is 22.9 Å². The number of carbonyl (C=O) groups excluding carboxylic acids is 2. The van der Waals surface area contributed by atoms with E-state index < -0.39 is 25.0 Å². The van der Waals surface area contributed by atoms with Gasteiger partial charge in [0.1, 0.15) is 13.2 Å². The molecule has 2 aromatic carbocycles. The van der Waals surface area contributed by atoms with Crippen LogP contribution in [0.1, 0.15) is 28.3 Å². The highest BCUT2D eigenvalue weighted by Gasteiger charge is 2.18. The average Bonchev–Trinajstić information content (AvgIpc) is 3.03. The Bertz CT molecular complexity index is 985. The maximum atomic E-state index is 13.3. The van der Waals surface area contributed by atoms with Crippen molar-refractivity contribution in [3.05, 3.63) is 65.5 Å². The summed E-state index contributed by atoms with van der Waals surface area (Å²) in [7, 11) is 0. The lowest BCUT2D eigenvalue weighted by Crippen LogP contribution is -2.30. The van der Waals surface area contributed by atoms with Crippen LogP contribution in [0.5, 0.6) is 0 Å². The molecule has 27 heavy (non-hydrogen) atoms. The van der Waals surface area contributed by atoms with Gasteiger partial charge in [0.25, 0.3) is 5.91 Å². The standard InChI is InChI=1S/C19H17F2N3O3/c1-12-5-4-6-13(9-12)18(26)22-10-17(25)27-11-16-23-14-7-2-3-8-15(14)24(16)19(20)21/h2-9,19H,10-11H2,1H3,(H,22,26). The number of nitrogens with one attached hydrogen (secondary N) is 1. The van der Waals surface area contributed by atoms with Gasteiger partial charge in [-0.05, 0) is 31.2 Å². The molecule has 0 fully saturated rings. The van der Waals surface area contributed by atoms with E-state index in [2.05, 4.69) is 10.3 Å². The first kappa shape index (κ1) is 18.5. The third-order valence-electron chi connectivity index (χ3n) is 3.90. The average molecular weight is 373 g/mol. The fraction of sp³-hybridized carbons (Fsp3) is 0.211. The van der Waals surface area contributed by atoms with E-state index in [-0.39, 0.29) is 17.9 Å². The zero-order chi connectivity index (χ0) is 19.4. The first-order valence-corrected chi connectivity index (χ1v) is 8.20. The van der Waals surface area contributed by atoms with Crippen molar-refractivity contribution in [1.29, 1.82) is 0 Å². The first-order valence-electron chi connectivity index (χ1n) is 8.20. The maximum Gasteiger partial charge on any atom is 0.325 e. The van der Waals surface area contributed by atoms with Gasteiger partial charge in [-0.15, -0.1) is 0 Å². The van der Waals surface area contributed by atoms with Crippen molar-refractivity contribution < 1.29 is 23.1 Å². The van der Waals surface area contributed by atoms with Crippen LogP contribution in [0, 0.1) is 6.92 Å². The number of amides is 1. The van der Waals surface area contributed by atoms with E-state index in [1.807, 2.05) is 13.0 Å². The largest absolute Gasteiger partial charge is 0.456 e. The number of imidazole rings is 1. The van der Waals surface area contributed by atoms with Crippen molar-refractivity contribution in [2.45, 2.75) is 20.1 Å². The Morgan fingerprint density at radius 3 is 2.70 bits per heavy atom. The highest BCUT2D eigenvalue weighted by atomic mass is 19.3. The SMILES string of the molecule is Cc1cccc(C(=O)NCC(=O)OCc2nc3ccccc3n2C(F)F)c1. The van der Waals surface area contributed by atoms with Gasteiger partial charge in [0.2, 0.25) is 0 Å².